The first-order chi connectivity index (χ1) is 11.5. The molecule has 0 aliphatic heterocycles. The standard InChI is InChI=1S/C19H24N4O/c1-19(2,3)17-11-20-18(24-17)14-23(13-16-9-10-21-22-16)12-15-7-5-4-6-8-15/h4-11H,12-14H2,1-3H3,(H,21,22). The molecule has 24 heavy (non-hydrogen) atoms. The topological polar surface area (TPSA) is 58.0 Å². The second-order valence-electron chi connectivity index (χ2n) is 7.08. The Kier molecular flexibility index (Phi) is 4.81. The zero-order valence-corrected chi connectivity index (χ0v) is 14.5. The van der Waals surface area contributed by atoms with Crippen molar-refractivity contribution in [3.8, 4) is 0 Å². The Morgan fingerprint density at radius 2 is 1.83 bits per heavy atom. The number of benzene rings is 1. The quantitative estimate of drug-likeness (QED) is 0.747. The Morgan fingerprint density at radius 1 is 1.04 bits per heavy atom. The molecule has 0 bridgehead atoms. The summed E-state index contributed by atoms with van der Waals surface area (Å²) in [6.07, 6.45) is 3.62. The summed E-state index contributed by atoms with van der Waals surface area (Å²) >= 11 is 0. The van der Waals surface area contributed by atoms with Crippen LogP contribution in [-0.2, 0) is 25.0 Å². The molecule has 3 aromatic rings. The van der Waals surface area contributed by atoms with Crippen molar-refractivity contribution in [2.24, 2.45) is 0 Å². The summed E-state index contributed by atoms with van der Waals surface area (Å²) in [5.74, 6) is 1.66. The fraction of sp³-hybridized carbons (Fsp3) is 0.368. The van der Waals surface area contributed by atoms with Gasteiger partial charge in [0.05, 0.1) is 12.7 Å². The highest BCUT2D eigenvalue weighted by molar-refractivity contribution is 5.15. The van der Waals surface area contributed by atoms with E-state index in [0.29, 0.717) is 6.54 Å². The number of nitrogens with zero attached hydrogens (tertiary/aromatic N) is 3. The van der Waals surface area contributed by atoms with Gasteiger partial charge in [-0.2, -0.15) is 5.10 Å². The number of hydrogen-bond donors (Lipinski definition) is 1. The Labute approximate surface area is 142 Å². The molecular weight excluding hydrogens is 300 g/mol. The minimum Gasteiger partial charge on any atom is -0.444 e. The highest BCUT2D eigenvalue weighted by atomic mass is 16.4. The predicted octanol–water partition coefficient (Wildman–Crippen LogP) is 3.90. The number of aromatic nitrogens is 3. The SMILES string of the molecule is CC(C)(C)c1cnc(CN(Cc2ccccc2)Cc2ccn[nH]2)o1. The van der Waals surface area contributed by atoms with Crippen LogP contribution in [0.25, 0.3) is 0 Å². The van der Waals surface area contributed by atoms with Crippen molar-refractivity contribution in [1.82, 2.24) is 20.1 Å². The molecule has 126 valence electrons. The summed E-state index contributed by atoms with van der Waals surface area (Å²) in [7, 11) is 0. The maximum atomic E-state index is 5.96. The third kappa shape index (κ3) is 4.32. The van der Waals surface area contributed by atoms with Crippen LogP contribution in [0.1, 0.15) is 43.7 Å². The lowest BCUT2D eigenvalue weighted by atomic mass is 9.94. The molecule has 2 heterocycles. The number of aromatic amines is 1. The molecule has 3 rings (SSSR count). The summed E-state index contributed by atoms with van der Waals surface area (Å²) in [6.45, 7) is 8.64. The van der Waals surface area contributed by atoms with Crippen LogP contribution in [0.3, 0.4) is 0 Å². The molecule has 0 fully saturated rings. The van der Waals surface area contributed by atoms with Crippen LogP contribution in [0, 0.1) is 0 Å². The van der Waals surface area contributed by atoms with E-state index in [1.165, 1.54) is 5.56 Å². The van der Waals surface area contributed by atoms with E-state index in [1.807, 2.05) is 18.3 Å². The van der Waals surface area contributed by atoms with Gasteiger partial charge in [-0.05, 0) is 11.6 Å². The van der Waals surface area contributed by atoms with Crippen LogP contribution in [0.4, 0.5) is 0 Å². The van der Waals surface area contributed by atoms with Gasteiger partial charge in [-0.15, -0.1) is 0 Å². The molecule has 0 atom stereocenters. The lowest BCUT2D eigenvalue weighted by molar-refractivity contribution is 0.214. The molecule has 0 amide bonds. The second kappa shape index (κ2) is 7.01. The van der Waals surface area contributed by atoms with Gasteiger partial charge in [-0.3, -0.25) is 10.00 Å². The first-order valence-electron chi connectivity index (χ1n) is 8.20. The molecule has 5 heteroatoms. The van der Waals surface area contributed by atoms with E-state index in [2.05, 4.69) is 65.1 Å². The zero-order chi connectivity index (χ0) is 17.0. The minimum atomic E-state index is -0.0289. The van der Waals surface area contributed by atoms with Crippen LogP contribution in [-0.4, -0.2) is 20.1 Å². The van der Waals surface area contributed by atoms with Gasteiger partial charge in [0, 0.05) is 30.4 Å². The molecule has 0 spiro atoms. The molecule has 5 nitrogen and oxygen atoms in total. The predicted molar refractivity (Wildman–Crippen MR) is 93.2 cm³/mol. The monoisotopic (exact) mass is 324 g/mol. The third-order valence-electron chi connectivity index (χ3n) is 3.85. The number of hydrogen-bond acceptors (Lipinski definition) is 4. The summed E-state index contributed by atoms with van der Waals surface area (Å²) in [4.78, 5) is 6.75. The highest BCUT2D eigenvalue weighted by Crippen LogP contribution is 2.23. The van der Waals surface area contributed by atoms with Gasteiger partial charge in [0.25, 0.3) is 0 Å². The molecule has 0 aliphatic carbocycles. The molecule has 0 aliphatic rings. The van der Waals surface area contributed by atoms with Crippen LogP contribution < -0.4 is 0 Å². The molecule has 0 saturated heterocycles. The Balaban J connectivity index is 1.75. The van der Waals surface area contributed by atoms with Gasteiger partial charge in [0.15, 0.2) is 0 Å². The lowest BCUT2D eigenvalue weighted by Gasteiger charge is -2.20. The normalized spacial score (nSPS) is 12.0. The number of rotatable bonds is 6. The van der Waals surface area contributed by atoms with E-state index in [-0.39, 0.29) is 5.41 Å². The first-order valence-corrected chi connectivity index (χ1v) is 8.20. The highest BCUT2D eigenvalue weighted by Gasteiger charge is 2.20. The van der Waals surface area contributed by atoms with Gasteiger partial charge < -0.3 is 4.42 Å². The Morgan fingerprint density at radius 3 is 2.46 bits per heavy atom. The van der Waals surface area contributed by atoms with Crippen molar-refractivity contribution in [3.63, 3.8) is 0 Å². The zero-order valence-electron chi connectivity index (χ0n) is 14.5. The second-order valence-corrected chi connectivity index (χ2v) is 7.08. The van der Waals surface area contributed by atoms with Crippen molar-refractivity contribution in [1.29, 1.82) is 0 Å². The lowest BCUT2D eigenvalue weighted by Crippen LogP contribution is -2.22. The van der Waals surface area contributed by atoms with Crippen molar-refractivity contribution in [2.75, 3.05) is 0 Å². The number of H-pyrrole nitrogens is 1. The van der Waals surface area contributed by atoms with E-state index in [9.17, 15) is 0 Å². The van der Waals surface area contributed by atoms with Gasteiger partial charge in [-0.1, -0.05) is 51.1 Å². The van der Waals surface area contributed by atoms with Crippen molar-refractivity contribution < 1.29 is 4.42 Å². The average Bonchev–Trinajstić information content (AvgIpc) is 3.19. The van der Waals surface area contributed by atoms with Crippen LogP contribution in [0.15, 0.2) is 53.2 Å². The third-order valence-corrected chi connectivity index (χ3v) is 3.85. The summed E-state index contributed by atoms with van der Waals surface area (Å²) in [6, 6.07) is 12.4. The van der Waals surface area contributed by atoms with Crippen LogP contribution >= 0.6 is 0 Å². The van der Waals surface area contributed by atoms with Crippen molar-refractivity contribution in [2.45, 2.75) is 45.8 Å². The largest absolute Gasteiger partial charge is 0.444 e. The molecule has 0 unspecified atom stereocenters. The van der Waals surface area contributed by atoms with Gasteiger partial charge in [0.2, 0.25) is 5.89 Å². The van der Waals surface area contributed by atoms with Gasteiger partial charge >= 0.3 is 0 Å². The molecule has 0 radical (unpaired) electrons. The van der Waals surface area contributed by atoms with Crippen molar-refractivity contribution in [3.05, 3.63) is 71.7 Å². The van der Waals surface area contributed by atoms with Crippen LogP contribution in [0.5, 0.6) is 0 Å². The van der Waals surface area contributed by atoms with E-state index in [1.54, 1.807) is 6.20 Å². The average molecular weight is 324 g/mol. The number of nitrogens with one attached hydrogen (secondary N) is 1. The van der Waals surface area contributed by atoms with E-state index in [0.717, 1.165) is 30.4 Å². The Hall–Kier alpha value is -2.40. The van der Waals surface area contributed by atoms with E-state index < -0.39 is 0 Å². The molecule has 1 aromatic carbocycles. The Bertz CT molecular complexity index is 741. The van der Waals surface area contributed by atoms with E-state index in [4.69, 9.17) is 4.42 Å². The smallest absolute Gasteiger partial charge is 0.208 e. The number of oxazole rings is 1. The minimum absolute atomic E-state index is 0.0289. The van der Waals surface area contributed by atoms with Gasteiger partial charge in [0.1, 0.15) is 5.76 Å². The maximum absolute atomic E-state index is 5.96. The summed E-state index contributed by atoms with van der Waals surface area (Å²) < 4.78 is 5.96. The molecule has 1 N–H and O–H groups in total. The van der Waals surface area contributed by atoms with Gasteiger partial charge in [-0.25, -0.2) is 4.98 Å². The first kappa shape index (κ1) is 16.5. The fourth-order valence-electron chi connectivity index (χ4n) is 2.54. The summed E-state index contributed by atoms with van der Waals surface area (Å²) in [5.41, 5.74) is 2.31. The molecular formula is C19H24N4O. The van der Waals surface area contributed by atoms with Crippen LogP contribution in [0.2, 0.25) is 0 Å². The van der Waals surface area contributed by atoms with E-state index >= 15 is 0 Å². The maximum Gasteiger partial charge on any atom is 0.208 e. The summed E-state index contributed by atoms with van der Waals surface area (Å²) in [5, 5.41) is 7.06. The molecule has 0 saturated carbocycles. The fourth-order valence-corrected chi connectivity index (χ4v) is 2.54. The van der Waals surface area contributed by atoms with Crippen molar-refractivity contribution >= 4 is 0 Å². The molecule has 2 aromatic heterocycles.